The summed E-state index contributed by atoms with van der Waals surface area (Å²) < 4.78 is 7.65. The van der Waals surface area contributed by atoms with Crippen LogP contribution in [0.15, 0.2) is 69.8 Å². The molecule has 8 heteroatoms. The smallest absolute Gasteiger partial charge is 0.250 e. The summed E-state index contributed by atoms with van der Waals surface area (Å²) in [6.45, 7) is 3.44. The molecule has 5 heterocycles. The number of ether oxygens (including phenoxy) is 1. The second-order valence-corrected chi connectivity index (χ2v) is 9.46. The Kier molecular flexibility index (Phi) is 4.55. The third-order valence-corrected chi connectivity index (χ3v) is 7.65. The Morgan fingerprint density at radius 3 is 2.97 bits per heavy atom. The summed E-state index contributed by atoms with van der Waals surface area (Å²) >= 11 is 0. The van der Waals surface area contributed by atoms with E-state index in [1.165, 1.54) is 0 Å². The summed E-state index contributed by atoms with van der Waals surface area (Å²) in [5.74, 6) is -0.0201. The molecule has 33 heavy (non-hydrogen) atoms. The van der Waals surface area contributed by atoms with Gasteiger partial charge in [0.1, 0.15) is 0 Å². The molecule has 1 amide bonds. The van der Waals surface area contributed by atoms with Gasteiger partial charge in [-0.25, -0.2) is 0 Å². The van der Waals surface area contributed by atoms with Gasteiger partial charge < -0.3 is 15.4 Å². The molecule has 8 nitrogen and oxygen atoms in total. The molecule has 0 radical (unpaired) electrons. The van der Waals surface area contributed by atoms with Gasteiger partial charge in [-0.05, 0) is 37.0 Å². The topological polar surface area (TPSA) is 92.9 Å². The van der Waals surface area contributed by atoms with Crippen LogP contribution in [0.3, 0.4) is 0 Å². The number of fused-ring (bicyclic) bond motifs is 1. The maximum Gasteiger partial charge on any atom is 0.250 e. The van der Waals surface area contributed by atoms with Crippen molar-refractivity contribution < 1.29 is 9.53 Å². The predicted molar refractivity (Wildman–Crippen MR) is 123 cm³/mol. The number of azo groups is 1. The van der Waals surface area contributed by atoms with Gasteiger partial charge in [0.15, 0.2) is 6.17 Å². The summed E-state index contributed by atoms with van der Waals surface area (Å²) in [7, 11) is 1.94. The van der Waals surface area contributed by atoms with Crippen LogP contribution in [0.2, 0.25) is 0 Å². The summed E-state index contributed by atoms with van der Waals surface area (Å²) in [5, 5.41) is 20.0. The van der Waals surface area contributed by atoms with Gasteiger partial charge in [-0.1, -0.05) is 25.1 Å². The molecule has 2 N–H and O–H groups in total. The summed E-state index contributed by atoms with van der Waals surface area (Å²) in [4.78, 5) is 13.8. The van der Waals surface area contributed by atoms with E-state index in [9.17, 15) is 4.79 Å². The monoisotopic (exact) mass is 444 g/mol. The van der Waals surface area contributed by atoms with Gasteiger partial charge in [-0.15, -0.1) is 0 Å². The van der Waals surface area contributed by atoms with E-state index in [1.54, 1.807) is 6.20 Å². The minimum Gasteiger partial charge on any atom is -0.379 e. The summed E-state index contributed by atoms with van der Waals surface area (Å²) in [6, 6.07) is 10.5. The van der Waals surface area contributed by atoms with E-state index < -0.39 is 5.41 Å². The molecule has 0 aliphatic carbocycles. The second kappa shape index (κ2) is 7.38. The van der Waals surface area contributed by atoms with E-state index in [0.29, 0.717) is 6.61 Å². The van der Waals surface area contributed by atoms with Crippen LogP contribution in [-0.4, -0.2) is 40.6 Å². The number of hydrogen-bond acceptors (Lipinski definition) is 6. The van der Waals surface area contributed by atoms with E-state index in [0.717, 1.165) is 66.0 Å². The summed E-state index contributed by atoms with van der Waals surface area (Å²) in [6.07, 6.45) is 6.70. The molecule has 1 spiro atoms. The van der Waals surface area contributed by atoms with Crippen molar-refractivity contribution in [3.63, 3.8) is 0 Å². The Morgan fingerprint density at radius 1 is 1.30 bits per heavy atom. The van der Waals surface area contributed by atoms with Crippen molar-refractivity contribution in [3.8, 4) is 11.3 Å². The molecule has 170 valence electrons. The van der Waals surface area contributed by atoms with E-state index in [1.807, 2.05) is 24.0 Å². The van der Waals surface area contributed by atoms with Gasteiger partial charge in [-0.2, -0.15) is 15.3 Å². The molecule has 1 fully saturated rings. The van der Waals surface area contributed by atoms with Gasteiger partial charge in [0, 0.05) is 43.1 Å². The fraction of sp³-hybridized carbons (Fsp3) is 0.440. The molecule has 2 aromatic rings. The molecule has 4 aliphatic heterocycles. The predicted octanol–water partition coefficient (Wildman–Crippen LogP) is 3.34. The fourth-order valence-electron chi connectivity index (χ4n) is 6.13. The van der Waals surface area contributed by atoms with Gasteiger partial charge in [0.25, 0.3) is 5.91 Å². The first-order valence-electron chi connectivity index (χ1n) is 11.7. The van der Waals surface area contributed by atoms with Crippen molar-refractivity contribution in [2.24, 2.45) is 17.3 Å². The molecule has 0 bridgehead atoms. The molecular formula is C25H28N6O2. The van der Waals surface area contributed by atoms with Crippen LogP contribution in [0.1, 0.15) is 38.2 Å². The number of aryl methyl sites for hydroxylation is 1. The van der Waals surface area contributed by atoms with Crippen molar-refractivity contribution >= 4 is 5.91 Å². The van der Waals surface area contributed by atoms with Crippen molar-refractivity contribution in [1.82, 2.24) is 20.4 Å². The molecule has 6 rings (SSSR count). The SMILES string of the molecule is CC[C@@]1(c2cccc(-c3ccnn3C)c2)C2=CN=NC2NC2=C1C(=O)N[C@]1(CCCOC1)C2. The Balaban J connectivity index is 1.53. The highest BCUT2D eigenvalue weighted by Gasteiger charge is 2.54. The Labute approximate surface area is 192 Å². The molecule has 1 saturated heterocycles. The van der Waals surface area contributed by atoms with Gasteiger partial charge in [0.05, 0.1) is 35.0 Å². The van der Waals surface area contributed by atoms with Crippen molar-refractivity contribution in [2.75, 3.05) is 13.2 Å². The molecule has 1 aromatic heterocycles. The zero-order chi connectivity index (χ0) is 22.6. The lowest BCUT2D eigenvalue weighted by Crippen LogP contribution is -2.62. The third-order valence-electron chi connectivity index (χ3n) is 7.65. The van der Waals surface area contributed by atoms with Crippen LogP contribution < -0.4 is 10.6 Å². The Hall–Kier alpha value is -3.26. The van der Waals surface area contributed by atoms with E-state index >= 15 is 0 Å². The Morgan fingerprint density at radius 2 is 2.21 bits per heavy atom. The number of hydrogen-bond donors (Lipinski definition) is 2. The largest absolute Gasteiger partial charge is 0.379 e. The lowest BCUT2D eigenvalue weighted by atomic mass is 9.61. The second-order valence-electron chi connectivity index (χ2n) is 9.46. The third kappa shape index (κ3) is 2.93. The maximum absolute atomic E-state index is 13.8. The van der Waals surface area contributed by atoms with Crippen LogP contribution in [0.4, 0.5) is 0 Å². The Bertz CT molecular complexity index is 1220. The molecule has 4 aliphatic rings. The quantitative estimate of drug-likeness (QED) is 0.759. The number of rotatable bonds is 3. The van der Waals surface area contributed by atoms with E-state index in [4.69, 9.17) is 4.74 Å². The number of amides is 1. The molecular weight excluding hydrogens is 416 g/mol. The first kappa shape index (κ1) is 20.4. The minimum atomic E-state index is -0.607. The highest BCUT2D eigenvalue weighted by molar-refractivity contribution is 6.00. The normalized spacial score (nSPS) is 30.5. The van der Waals surface area contributed by atoms with Gasteiger partial charge in [0.2, 0.25) is 0 Å². The highest BCUT2D eigenvalue weighted by Crippen LogP contribution is 2.52. The number of benzene rings is 1. The zero-order valence-electron chi connectivity index (χ0n) is 19.0. The zero-order valence-corrected chi connectivity index (χ0v) is 19.0. The number of aromatic nitrogens is 2. The van der Waals surface area contributed by atoms with Crippen LogP contribution in [-0.2, 0) is 22.0 Å². The number of carbonyl (C=O) groups is 1. The van der Waals surface area contributed by atoms with Gasteiger partial charge in [-0.3, -0.25) is 9.48 Å². The lowest BCUT2D eigenvalue weighted by Gasteiger charge is -2.50. The lowest BCUT2D eigenvalue weighted by molar-refractivity contribution is -0.123. The highest BCUT2D eigenvalue weighted by atomic mass is 16.5. The van der Waals surface area contributed by atoms with E-state index in [-0.39, 0.29) is 17.6 Å². The molecule has 1 unspecified atom stereocenters. The van der Waals surface area contributed by atoms with Gasteiger partial charge >= 0.3 is 0 Å². The summed E-state index contributed by atoms with van der Waals surface area (Å²) in [5.41, 5.74) is 5.00. The van der Waals surface area contributed by atoms with Crippen LogP contribution in [0.25, 0.3) is 11.3 Å². The van der Waals surface area contributed by atoms with Crippen molar-refractivity contribution in [3.05, 3.63) is 65.1 Å². The average molecular weight is 445 g/mol. The molecule has 1 aromatic carbocycles. The number of nitrogens with zero attached hydrogens (tertiary/aromatic N) is 4. The number of carbonyl (C=O) groups excluding carboxylic acids is 1. The molecule has 3 atom stereocenters. The first-order valence-corrected chi connectivity index (χ1v) is 11.7. The maximum atomic E-state index is 13.8. The van der Waals surface area contributed by atoms with Crippen molar-refractivity contribution in [1.29, 1.82) is 0 Å². The fourth-order valence-corrected chi connectivity index (χ4v) is 6.13. The number of nitrogens with one attached hydrogen (secondary N) is 2. The van der Waals surface area contributed by atoms with Crippen LogP contribution in [0.5, 0.6) is 0 Å². The minimum absolute atomic E-state index is 0.0201. The van der Waals surface area contributed by atoms with Crippen LogP contribution in [0, 0.1) is 0 Å². The van der Waals surface area contributed by atoms with E-state index in [2.05, 4.69) is 57.1 Å². The van der Waals surface area contributed by atoms with Crippen molar-refractivity contribution in [2.45, 2.75) is 49.7 Å². The standard InChI is InChI=1S/C25H28N6O2/c1-3-25(17-7-4-6-16(12-17)20-8-10-27-31(20)2)18-14-26-30-22(18)28-19-13-24(9-5-11-33-15-24)29-23(32)21(19)25/h4,6-8,10,12,14,22,28H,3,5,9,11,13,15H2,1-2H3,(H,29,32)/t22?,24-,25-/m1/s1. The molecule has 0 saturated carbocycles. The average Bonchev–Trinajstić information content (AvgIpc) is 3.47. The van der Waals surface area contributed by atoms with Crippen LogP contribution >= 0.6 is 0 Å². The first-order chi connectivity index (χ1) is 16.1.